The van der Waals surface area contributed by atoms with Gasteiger partial charge in [-0.05, 0) is 57.2 Å². The van der Waals surface area contributed by atoms with Crippen LogP contribution < -0.4 is 9.80 Å². The number of esters is 1. The number of ether oxygens (including phenoxy) is 2. The first kappa shape index (κ1) is 26.4. The number of benzene rings is 1. The predicted molar refractivity (Wildman–Crippen MR) is 136 cm³/mol. The van der Waals surface area contributed by atoms with E-state index in [0.29, 0.717) is 36.2 Å². The molecular weight excluding hydrogens is 480 g/mol. The highest BCUT2D eigenvalue weighted by Crippen LogP contribution is 2.34. The van der Waals surface area contributed by atoms with Gasteiger partial charge in [0.2, 0.25) is 0 Å². The van der Waals surface area contributed by atoms with E-state index in [9.17, 15) is 9.18 Å². The van der Waals surface area contributed by atoms with Crippen LogP contribution in [-0.4, -0.2) is 58.5 Å². The van der Waals surface area contributed by atoms with Crippen LogP contribution in [0.4, 0.5) is 31.9 Å². The van der Waals surface area contributed by atoms with E-state index < -0.39 is 17.2 Å². The number of anilines is 4. The molecule has 0 N–H and O–H groups in total. The lowest BCUT2D eigenvalue weighted by Crippen LogP contribution is -2.45. The van der Waals surface area contributed by atoms with Crippen LogP contribution in [-0.2, 0) is 14.3 Å². The zero-order valence-electron chi connectivity index (χ0n) is 21.2. The summed E-state index contributed by atoms with van der Waals surface area (Å²) in [5.41, 5.74) is -1.48. The van der Waals surface area contributed by atoms with Crippen LogP contribution in [0.2, 0.25) is 0 Å². The van der Waals surface area contributed by atoms with Crippen molar-refractivity contribution in [2.24, 2.45) is 0 Å². The van der Waals surface area contributed by atoms with E-state index in [1.54, 1.807) is 56.4 Å². The molecular formula is C27H31F2N5O3. The van der Waals surface area contributed by atoms with Crippen molar-refractivity contribution in [1.29, 1.82) is 0 Å². The molecule has 0 spiro atoms. The summed E-state index contributed by atoms with van der Waals surface area (Å²) < 4.78 is 39.5. The van der Waals surface area contributed by atoms with Crippen molar-refractivity contribution in [2.75, 3.05) is 36.1 Å². The van der Waals surface area contributed by atoms with Gasteiger partial charge < -0.3 is 14.4 Å². The van der Waals surface area contributed by atoms with Crippen molar-refractivity contribution in [3.05, 3.63) is 66.9 Å². The summed E-state index contributed by atoms with van der Waals surface area (Å²) in [6.07, 6.45) is 5.34. The molecule has 0 radical (unpaired) electrons. The minimum atomic E-state index is -1.54. The lowest BCUT2D eigenvalue weighted by Gasteiger charge is -2.37. The molecule has 1 fully saturated rings. The molecule has 3 heterocycles. The van der Waals surface area contributed by atoms with Crippen molar-refractivity contribution < 1.29 is 23.0 Å². The summed E-state index contributed by atoms with van der Waals surface area (Å²) in [5, 5.41) is 0. The number of rotatable bonds is 8. The molecule has 1 aromatic carbocycles. The summed E-state index contributed by atoms with van der Waals surface area (Å²) in [6, 6.07) is 11.5. The molecule has 1 saturated heterocycles. The number of nitrogens with zero attached hydrogens (tertiary/aromatic N) is 5. The van der Waals surface area contributed by atoms with Gasteiger partial charge in [0.15, 0.2) is 5.82 Å². The average Bonchev–Trinajstić information content (AvgIpc) is 2.86. The van der Waals surface area contributed by atoms with Gasteiger partial charge in [-0.1, -0.05) is 6.07 Å². The number of halogens is 2. The van der Waals surface area contributed by atoms with E-state index in [1.165, 1.54) is 12.1 Å². The van der Waals surface area contributed by atoms with Crippen molar-refractivity contribution in [1.82, 2.24) is 15.0 Å². The van der Waals surface area contributed by atoms with Crippen molar-refractivity contribution in [3.63, 3.8) is 0 Å². The van der Waals surface area contributed by atoms with Gasteiger partial charge in [-0.15, -0.1) is 0 Å². The summed E-state index contributed by atoms with van der Waals surface area (Å²) in [6.45, 7) is 5.66. The normalized spacial score (nSPS) is 15.3. The molecule has 1 aliphatic rings. The van der Waals surface area contributed by atoms with E-state index in [1.807, 2.05) is 23.1 Å². The van der Waals surface area contributed by atoms with Gasteiger partial charge >= 0.3 is 5.97 Å². The van der Waals surface area contributed by atoms with Crippen LogP contribution in [0, 0.1) is 5.82 Å². The van der Waals surface area contributed by atoms with Crippen molar-refractivity contribution >= 4 is 29.1 Å². The molecule has 0 bridgehead atoms. The van der Waals surface area contributed by atoms with Crippen molar-refractivity contribution in [3.8, 4) is 0 Å². The second kappa shape index (κ2) is 11.2. The second-order valence-electron chi connectivity index (χ2n) is 9.95. The first-order valence-corrected chi connectivity index (χ1v) is 12.1. The Kier molecular flexibility index (Phi) is 7.97. The lowest BCUT2D eigenvalue weighted by atomic mass is 9.94. The Hall–Kier alpha value is -3.66. The number of carbonyl (C=O) groups excluding carboxylic acids is 1. The number of aromatic nitrogens is 3. The van der Waals surface area contributed by atoms with Crippen LogP contribution in [0.15, 0.2) is 61.1 Å². The largest absolute Gasteiger partial charge is 0.458 e. The topological polar surface area (TPSA) is 80.7 Å². The molecule has 2 aromatic heterocycles. The van der Waals surface area contributed by atoms with Crippen LogP contribution in [0.5, 0.6) is 0 Å². The maximum Gasteiger partial charge on any atom is 0.332 e. The zero-order chi connectivity index (χ0) is 26.5. The highest BCUT2D eigenvalue weighted by molar-refractivity contribution is 5.72. The summed E-state index contributed by atoms with van der Waals surface area (Å²) in [5.74, 6) is 0.837. The van der Waals surface area contributed by atoms with E-state index in [4.69, 9.17) is 14.5 Å². The van der Waals surface area contributed by atoms with Gasteiger partial charge in [0.1, 0.15) is 35.3 Å². The fourth-order valence-corrected chi connectivity index (χ4v) is 4.03. The average molecular weight is 512 g/mol. The molecule has 4 rings (SSSR count). The maximum absolute atomic E-state index is 15.3. The Morgan fingerprint density at radius 3 is 2.46 bits per heavy atom. The minimum Gasteiger partial charge on any atom is -0.458 e. The molecule has 1 aliphatic heterocycles. The van der Waals surface area contributed by atoms with E-state index >= 15 is 4.39 Å². The molecule has 37 heavy (non-hydrogen) atoms. The Morgan fingerprint density at radius 1 is 1.08 bits per heavy atom. The number of piperidine rings is 1. The monoisotopic (exact) mass is 511 g/mol. The van der Waals surface area contributed by atoms with Gasteiger partial charge in [-0.25, -0.2) is 23.5 Å². The Bertz CT molecular complexity index is 1180. The SMILES string of the molecule is CC(C)(C)OC(=O)COCC1(F)CCN(c2cncc(N(c3ccc(F)cc3)c3ccccn3)n2)CC1. The van der Waals surface area contributed by atoms with Crippen LogP contribution >= 0.6 is 0 Å². The predicted octanol–water partition coefficient (Wildman–Crippen LogP) is 5.15. The van der Waals surface area contributed by atoms with Crippen LogP contribution in [0.1, 0.15) is 33.6 Å². The van der Waals surface area contributed by atoms with Gasteiger partial charge in [-0.2, -0.15) is 0 Å². The Labute approximate surface area is 215 Å². The number of pyridine rings is 1. The molecule has 0 amide bonds. The van der Waals surface area contributed by atoms with Crippen LogP contribution in [0.3, 0.4) is 0 Å². The summed E-state index contributed by atoms with van der Waals surface area (Å²) in [7, 11) is 0. The van der Waals surface area contributed by atoms with Crippen LogP contribution in [0.25, 0.3) is 0 Å². The fourth-order valence-electron chi connectivity index (χ4n) is 4.03. The standard InChI is InChI=1S/C27H31F2N5O3/c1-26(2,3)37-25(35)18-36-19-27(29)11-14-33(15-12-27)23-16-30-17-24(32-23)34(22-6-4-5-13-31-22)21-9-7-20(28)8-10-21/h4-10,13,16-17H,11-12,14-15,18-19H2,1-3H3. The van der Waals surface area contributed by atoms with Gasteiger partial charge in [0.25, 0.3) is 0 Å². The first-order valence-electron chi connectivity index (χ1n) is 12.1. The van der Waals surface area contributed by atoms with Gasteiger partial charge in [0.05, 0.1) is 19.0 Å². The number of alkyl halides is 1. The van der Waals surface area contributed by atoms with Gasteiger partial charge in [-0.3, -0.25) is 9.88 Å². The smallest absolute Gasteiger partial charge is 0.332 e. The number of hydrogen-bond donors (Lipinski definition) is 0. The lowest BCUT2D eigenvalue weighted by molar-refractivity contribution is -0.161. The van der Waals surface area contributed by atoms with Gasteiger partial charge in [0, 0.05) is 37.8 Å². The molecule has 3 aromatic rings. The quantitative estimate of drug-likeness (QED) is 0.384. The molecule has 196 valence electrons. The highest BCUT2D eigenvalue weighted by Gasteiger charge is 2.36. The molecule has 0 aliphatic carbocycles. The van der Waals surface area contributed by atoms with E-state index in [-0.39, 0.29) is 31.9 Å². The third-order valence-corrected chi connectivity index (χ3v) is 5.79. The summed E-state index contributed by atoms with van der Waals surface area (Å²) in [4.78, 5) is 29.1. The molecule has 0 unspecified atom stereocenters. The Morgan fingerprint density at radius 2 is 1.81 bits per heavy atom. The molecule has 0 atom stereocenters. The maximum atomic E-state index is 15.3. The zero-order valence-corrected chi connectivity index (χ0v) is 21.2. The third kappa shape index (κ3) is 7.19. The second-order valence-corrected chi connectivity index (χ2v) is 9.95. The molecule has 8 nitrogen and oxygen atoms in total. The summed E-state index contributed by atoms with van der Waals surface area (Å²) >= 11 is 0. The third-order valence-electron chi connectivity index (χ3n) is 5.79. The van der Waals surface area contributed by atoms with E-state index in [0.717, 1.165) is 0 Å². The highest BCUT2D eigenvalue weighted by atomic mass is 19.1. The van der Waals surface area contributed by atoms with Crippen molar-refractivity contribution in [2.45, 2.75) is 44.9 Å². The minimum absolute atomic E-state index is 0.177. The fraction of sp³-hybridized carbons (Fsp3) is 0.407. The van der Waals surface area contributed by atoms with E-state index in [2.05, 4.69) is 9.97 Å². The molecule has 10 heteroatoms. The number of carbonyl (C=O) groups is 1. The number of hydrogen-bond acceptors (Lipinski definition) is 8. The first-order chi connectivity index (χ1) is 17.6. The Balaban J connectivity index is 1.43. The molecule has 0 saturated carbocycles.